The third-order valence-corrected chi connectivity index (χ3v) is 4.95. The second kappa shape index (κ2) is 8.62. The number of anilines is 1. The Morgan fingerprint density at radius 1 is 1.07 bits per heavy atom. The highest BCUT2D eigenvalue weighted by Crippen LogP contribution is 2.23. The fraction of sp³-hybridized carbons (Fsp3) is 0.0909. The second-order valence-corrected chi connectivity index (χ2v) is 7.61. The summed E-state index contributed by atoms with van der Waals surface area (Å²) in [4.78, 5) is 12.3. The molecule has 0 saturated heterocycles. The smallest absolute Gasteiger partial charge is 0.250 e. The van der Waals surface area contributed by atoms with Gasteiger partial charge in [0.1, 0.15) is 5.01 Å². The van der Waals surface area contributed by atoms with E-state index in [1.807, 2.05) is 66.3 Å². The standard InChI is InChI=1S/C22H19N5OS/c1-16-24-25-22(29-16)23-20(28)13-12-19-15-27(14-17-8-4-2-5-9-17)26-21(19)18-10-6-3-7-11-18/h2-13,15H,14H2,1H3,(H,23,25,28)/b13-12+. The fourth-order valence-corrected chi connectivity index (χ4v) is 3.48. The van der Waals surface area contributed by atoms with Crippen LogP contribution < -0.4 is 5.32 Å². The van der Waals surface area contributed by atoms with Crippen LogP contribution in [0.5, 0.6) is 0 Å². The number of carbonyl (C=O) groups is 1. The highest BCUT2D eigenvalue weighted by atomic mass is 32.1. The Labute approximate surface area is 172 Å². The van der Waals surface area contributed by atoms with Crippen LogP contribution >= 0.6 is 11.3 Å². The summed E-state index contributed by atoms with van der Waals surface area (Å²) in [5, 5.41) is 16.6. The molecule has 0 fully saturated rings. The van der Waals surface area contributed by atoms with E-state index in [1.165, 1.54) is 17.4 Å². The molecular weight excluding hydrogens is 382 g/mol. The molecule has 2 aromatic carbocycles. The summed E-state index contributed by atoms with van der Waals surface area (Å²) in [5.41, 5.74) is 3.86. The van der Waals surface area contributed by atoms with E-state index in [2.05, 4.69) is 27.6 Å². The first-order valence-electron chi connectivity index (χ1n) is 9.13. The van der Waals surface area contributed by atoms with Crippen LogP contribution in [0.25, 0.3) is 17.3 Å². The maximum absolute atomic E-state index is 12.3. The fourth-order valence-electron chi connectivity index (χ4n) is 2.89. The van der Waals surface area contributed by atoms with Gasteiger partial charge in [0.2, 0.25) is 11.0 Å². The van der Waals surface area contributed by atoms with E-state index in [4.69, 9.17) is 5.10 Å². The Balaban J connectivity index is 1.59. The lowest BCUT2D eigenvalue weighted by molar-refractivity contribution is -0.111. The molecule has 7 heteroatoms. The lowest BCUT2D eigenvalue weighted by Gasteiger charge is -2.01. The molecule has 2 aromatic heterocycles. The van der Waals surface area contributed by atoms with Crippen molar-refractivity contribution in [2.45, 2.75) is 13.5 Å². The second-order valence-electron chi connectivity index (χ2n) is 6.43. The number of aryl methyl sites for hydroxylation is 1. The lowest BCUT2D eigenvalue weighted by Crippen LogP contribution is -2.07. The molecule has 0 aliphatic rings. The van der Waals surface area contributed by atoms with Crippen molar-refractivity contribution in [1.29, 1.82) is 0 Å². The maximum atomic E-state index is 12.3. The molecule has 4 rings (SSSR count). The monoisotopic (exact) mass is 401 g/mol. The zero-order chi connectivity index (χ0) is 20.1. The number of carbonyl (C=O) groups excluding carboxylic acids is 1. The molecule has 0 unspecified atom stereocenters. The van der Waals surface area contributed by atoms with Crippen LogP contribution in [0.4, 0.5) is 5.13 Å². The zero-order valence-corrected chi connectivity index (χ0v) is 16.6. The molecule has 0 atom stereocenters. The minimum Gasteiger partial charge on any atom is -0.297 e. The molecule has 0 bridgehead atoms. The molecule has 1 amide bonds. The number of benzene rings is 2. The predicted octanol–water partition coefficient (Wildman–Crippen LogP) is 4.41. The molecule has 0 aliphatic carbocycles. The Morgan fingerprint density at radius 3 is 2.48 bits per heavy atom. The molecule has 0 radical (unpaired) electrons. The van der Waals surface area contributed by atoms with Gasteiger partial charge in [0.05, 0.1) is 12.2 Å². The number of hydrogen-bond donors (Lipinski definition) is 1. The summed E-state index contributed by atoms with van der Waals surface area (Å²) < 4.78 is 1.89. The first-order valence-corrected chi connectivity index (χ1v) is 9.95. The Hall–Kier alpha value is -3.58. The summed E-state index contributed by atoms with van der Waals surface area (Å²) in [6, 6.07) is 20.1. The van der Waals surface area contributed by atoms with Crippen LogP contribution in [0.15, 0.2) is 72.9 Å². The topological polar surface area (TPSA) is 72.7 Å². The van der Waals surface area contributed by atoms with E-state index >= 15 is 0 Å². The molecule has 6 nitrogen and oxygen atoms in total. The van der Waals surface area contributed by atoms with E-state index in [1.54, 1.807) is 6.08 Å². The van der Waals surface area contributed by atoms with Gasteiger partial charge in [0.25, 0.3) is 0 Å². The molecule has 0 aliphatic heterocycles. The summed E-state index contributed by atoms with van der Waals surface area (Å²) >= 11 is 1.34. The summed E-state index contributed by atoms with van der Waals surface area (Å²) in [6.45, 7) is 2.50. The molecule has 29 heavy (non-hydrogen) atoms. The van der Waals surface area contributed by atoms with Gasteiger partial charge >= 0.3 is 0 Å². The van der Waals surface area contributed by atoms with Gasteiger partial charge < -0.3 is 0 Å². The highest BCUT2D eigenvalue weighted by molar-refractivity contribution is 7.15. The summed E-state index contributed by atoms with van der Waals surface area (Å²) in [7, 11) is 0. The molecule has 0 saturated carbocycles. The minimum atomic E-state index is -0.254. The SMILES string of the molecule is Cc1nnc(NC(=O)/C=C/c2cn(Cc3ccccc3)nc2-c2ccccc2)s1. The molecule has 2 heterocycles. The molecular formula is C22H19N5OS. The van der Waals surface area contributed by atoms with Gasteiger partial charge in [-0.15, -0.1) is 10.2 Å². The average molecular weight is 401 g/mol. The van der Waals surface area contributed by atoms with Gasteiger partial charge in [0.15, 0.2) is 0 Å². The van der Waals surface area contributed by atoms with Crippen molar-refractivity contribution in [2.24, 2.45) is 0 Å². The minimum absolute atomic E-state index is 0.254. The van der Waals surface area contributed by atoms with Crippen molar-refractivity contribution < 1.29 is 4.79 Å². The Bertz CT molecular complexity index is 1130. The predicted molar refractivity (Wildman–Crippen MR) is 116 cm³/mol. The Morgan fingerprint density at radius 2 is 1.79 bits per heavy atom. The van der Waals surface area contributed by atoms with Crippen LogP contribution in [-0.4, -0.2) is 25.9 Å². The summed E-state index contributed by atoms with van der Waals surface area (Å²) in [6.07, 6.45) is 5.22. The van der Waals surface area contributed by atoms with E-state index in [0.29, 0.717) is 11.7 Å². The molecule has 144 valence electrons. The Kier molecular flexibility index (Phi) is 5.58. The van der Waals surface area contributed by atoms with Crippen LogP contribution in [0.3, 0.4) is 0 Å². The van der Waals surface area contributed by atoms with Crippen LogP contribution in [-0.2, 0) is 11.3 Å². The van der Waals surface area contributed by atoms with Gasteiger partial charge in [-0.2, -0.15) is 5.10 Å². The average Bonchev–Trinajstić information content (AvgIpc) is 3.33. The van der Waals surface area contributed by atoms with Gasteiger partial charge in [-0.25, -0.2) is 0 Å². The van der Waals surface area contributed by atoms with Crippen molar-refractivity contribution in [2.75, 3.05) is 5.32 Å². The lowest BCUT2D eigenvalue weighted by atomic mass is 10.1. The first kappa shape index (κ1) is 18.8. The largest absolute Gasteiger partial charge is 0.297 e. The maximum Gasteiger partial charge on any atom is 0.250 e. The van der Waals surface area contributed by atoms with Crippen molar-refractivity contribution >= 4 is 28.5 Å². The number of hydrogen-bond acceptors (Lipinski definition) is 5. The molecule has 4 aromatic rings. The molecule has 0 spiro atoms. The van der Waals surface area contributed by atoms with Crippen LogP contribution in [0.1, 0.15) is 16.1 Å². The van der Waals surface area contributed by atoms with Crippen LogP contribution in [0, 0.1) is 6.92 Å². The van der Waals surface area contributed by atoms with E-state index in [9.17, 15) is 4.79 Å². The summed E-state index contributed by atoms with van der Waals surface area (Å²) in [5.74, 6) is -0.254. The van der Waals surface area contributed by atoms with E-state index < -0.39 is 0 Å². The highest BCUT2D eigenvalue weighted by Gasteiger charge is 2.10. The number of amides is 1. The first-order chi connectivity index (χ1) is 14.2. The van der Waals surface area contributed by atoms with Gasteiger partial charge in [0, 0.05) is 23.4 Å². The molecule has 1 N–H and O–H groups in total. The quantitative estimate of drug-likeness (QED) is 0.486. The van der Waals surface area contributed by atoms with Crippen LogP contribution in [0.2, 0.25) is 0 Å². The number of nitrogens with one attached hydrogen (secondary N) is 1. The van der Waals surface area contributed by atoms with Gasteiger partial charge in [-0.05, 0) is 18.6 Å². The number of nitrogens with zero attached hydrogens (tertiary/aromatic N) is 4. The number of rotatable bonds is 6. The van der Waals surface area contributed by atoms with Gasteiger partial charge in [-0.1, -0.05) is 72.0 Å². The van der Waals surface area contributed by atoms with E-state index in [-0.39, 0.29) is 5.91 Å². The van der Waals surface area contributed by atoms with Crippen molar-refractivity contribution in [3.05, 3.63) is 89.1 Å². The van der Waals surface area contributed by atoms with E-state index in [0.717, 1.165) is 27.4 Å². The number of aromatic nitrogens is 4. The normalized spacial score (nSPS) is 11.1. The third kappa shape index (κ3) is 4.83. The zero-order valence-electron chi connectivity index (χ0n) is 15.8. The van der Waals surface area contributed by atoms with Crippen molar-refractivity contribution in [1.82, 2.24) is 20.0 Å². The van der Waals surface area contributed by atoms with Gasteiger partial charge in [-0.3, -0.25) is 14.8 Å². The van der Waals surface area contributed by atoms with Crippen molar-refractivity contribution in [3.63, 3.8) is 0 Å². The third-order valence-electron chi connectivity index (χ3n) is 4.20. The van der Waals surface area contributed by atoms with Crippen molar-refractivity contribution in [3.8, 4) is 11.3 Å².